The van der Waals surface area contributed by atoms with Crippen LogP contribution in [0.2, 0.25) is 0 Å². The number of amides is 1. The minimum Gasteiger partial charge on any atom is -0.497 e. The number of methoxy groups -OCH3 is 2. The monoisotopic (exact) mass is 377 g/mol. The maximum Gasteiger partial charge on any atom is 0.229 e. The number of allylic oxidation sites excluding steroid dienone is 3. The van der Waals surface area contributed by atoms with Crippen LogP contribution in [0.3, 0.4) is 0 Å². The number of ether oxygens (including phenoxy) is 2. The van der Waals surface area contributed by atoms with Crippen LogP contribution in [0.1, 0.15) is 24.0 Å². The van der Waals surface area contributed by atoms with Gasteiger partial charge in [-0.1, -0.05) is 42.5 Å². The molecule has 1 aliphatic carbocycles. The lowest BCUT2D eigenvalue weighted by Crippen LogP contribution is -2.31. The Morgan fingerprint density at radius 2 is 1.82 bits per heavy atom. The van der Waals surface area contributed by atoms with Gasteiger partial charge in [-0.2, -0.15) is 0 Å². The molecule has 0 saturated carbocycles. The van der Waals surface area contributed by atoms with E-state index in [9.17, 15) is 4.79 Å². The standard InChI is InChI=1S/C24H27NO3/c1-25(17-18-6-4-9-23(16-18)28-3)24(26)21-8-5-7-19(10-11-21)20-12-14-22(27-2)15-13-20/h4-9,12-16,21H,10-11,17H2,1-3H3. The van der Waals surface area contributed by atoms with Gasteiger partial charge in [0.2, 0.25) is 5.91 Å². The van der Waals surface area contributed by atoms with Gasteiger partial charge in [-0.05, 0) is 53.8 Å². The van der Waals surface area contributed by atoms with Gasteiger partial charge in [0.05, 0.1) is 20.1 Å². The average molecular weight is 377 g/mol. The molecule has 0 spiro atoms. The fraction of sp³-hybridized carbons (Fsp3) is 0.292. The smallest absolute Gasteiger partial charge is 0.229 e. The van der Waals surface area contributed by atoms with E-state index in [2.05, 4.69) is 18.2 Å². The quantitative estimate of drug-likeness (QED) is 0.732. The van der Waals surface area contributed by atoms with Crippen molar-refractivity contribution in [2.24, 2.45) is 5.92 Å². The molecule has 0 saturated heterocycles. The first kappa shape index (κ1) is 19.7. The van der Waals surface area contributed by atoms with Crippen LogP contribution in [0.25, 0.3) is 5.57 Å². The number of carbonyl (C=O) groups excluding carboxylic acids is 1. The largest absolute Gasteiger partial charge is 0.497 e. The molecule has 0 bridgehead atoms. The minimum atomic E-state index is -0.109. The molecular weight excluding hydrogens is 350 g/mol. The molecule has 1 unspecified atom stereocenters. The average Bonchev–Trinajstić information content (AvgIpc) is 2.99. The van der Waals surface area contributed by atoms with Gasteiger partial charge < -0.3 is 14.4 Å². The Hall–Kier alpha value is -3.01. The first-order valence-corrected chi connectivity index (χ1v) is 9.50. The van der Waals surface area contributed by atoms with E-state index in [4.69, 9.17) is 9.47 Å². The number of rotatable bonds is 6. The number of hydrogen-bond acceptors (Lipinski definition) is 3. The molecule has 2 aromatic rings. The summed E-state index contributed by atoms with van der Waals surface area (Å²) in [7, 11) is 5.18. The van der Waals surface area contributed by atoms with Crippen LogP contribution < -0.4 is 9.47 Å². The van der Waals surface area contributed by atoms with E-state index in [1.54, 1.807) is 19.1 Å². The summed E-state index contributed by atoms with van der Waals surface area (Å²) in [6, 6.07) is 15.9. The second kappa shape index (κ2) is 9.27. The predicted octanol–water partition coefficient (Wildman–Crippen LogP) is 4.71. The van der Waals surface area contributed by atoms with Crippen LogP contribution in [0.4, 0.5) is 0 Å². The van der Waals surface area contributed by atoms with Crippen molar-refractivity contribution in [2.45, 2.75) is 19.4 Å². The van der Waals surface area contributed by atoms with Crippen LogP contribution in [0.5, 0.6) is 11.5 Å². The highest BCUT2D eigenvalue weighted by Gasteiger charge is 2.21. The lowest BCUT2D eigenvalue weighted by atomic mass is 9.96. The molecule has 2 aromatic carbocycles. The van der Waals surface area contributed by atoms with Gasteiger partial charge in [0.1, 0.15) is 11.5 Å². The van der Waals surface area contributed by atoms with Crippen molar-refractivity contribution in [1.29, 1.82) is 0 Å². The highest BCUT2D eigenvalue weighted by atomic mass is 16.5. The SMILES string of the molecule is COc1ccc(C2=CC=CC(C(=O)N(C)Cc3cccc(OC)c3)CC2)cc1. The second-order valence-electron chi connectivity index (χ2n) is 7.00. The number of benzene rings is 2. The maximum absolute atomic E-state index is 12.9. The van der Waals surface area contributed by atoms with E-state index in [1.165, 1.54) is 11.1 Å². The Kier molecular flexibility index (Phi) is 6.53. The van der Waals surface area contributed by atoms with Crippen molar-refractivity contribution in [1.82, 2.24) is 4.90 Å². The molecule has 3 rings (SSSR count). The van der Waals surface area contributed by atoms with E-state index in [1.807, 2.05) is 55.6 Å². The predicted molar refractivity (Wildman–Crippen MR) is 112 cm³/mol. The molecule has 4 heteroatoms. The summed E-state index contributed by atoms with van der Waals surface area (Å²) in [5.74, 6) is 1.69. The zero-order valence-electron chi connectivity index (χ0n) is 16.7. The van der Waals surface area contributed by atoms with E-state index >= 15 is 0 Å². The summed E-state index contributed by atoms with van der Waals surface area (Å²) in [5.41, 5.74) is 3.47. The van der Waals surface area contributed by atoms with Gasteiger partial charge in [-0.3, -0.25) is 4.79 Å². The molecule has 1 atom stereocenters. The van der Waals surface area contributed by atoms with Crippen LogP contribution in [0.15, 0.2) is 66.8 Å². The van der Waals surface area contributed by atoms with E-state index in [0.717, 1.165) is 29.9 Å². The molecule has 4 nitrogen and oxygen atoms in total. The summed E-state index contributed by atoms with van der Waals surface area (Å²) >= 11 is 0. The molecule has 0 heterocycles. The Balaban J connectivity index is 1.61. The summed E-state index contributed by atoms with van der Waals surface area (Å²) in [6.45, 7) is 0.569. The summed E-state index contributed by atoms with van der Waals surface area (Å²) < 4.78 is 10.5. The topological polar surface area (TPSA) is 38.8 Å². The van der Waals surface area contributed by atoms with Gasteiger partial charge in [0, 0.05) is 13.6 Å². The third kappa shape index (κ3) is 4.83. The molecule has 1 amide bonds. The van der Waals surface area contributed by atoms with Gasteiger partial charge in [-0.15, -0.1) is 0 Å². The van der Waals surface area contributed by atoms with Gasteiger partial charge in [0.15, 0.2) is 0 Å². The highest BCUT2D eigenvalue weighted by molar-refractivity contribution is 5.81. The fourth-order valence-corrected chi connectivity index (χ4v) is 3.45. The summed E-state index contributed by atoms with van der Waals surface area (Å²) in [5, 5.41) is 0. The first-order valence-electron chi connectivity index (χ1n) is 9.50. The molecule has 0 radical (unpaired) electrons. The third-order valence-corrected chi connectivity index (χ3v) is 5.07. The van der Waals surface area contributed by atoms with Crippen LogP contribution in [0, 0.1) is 5.92 Å². The Labute approximate surface area is 167 Å². The van der Waals surface area contributed by atoms with Crippen molar-refractivity contribution < 1.29 is 14.3 Å². The number of hydrogen-bond donors (Lipinski definition) is 0. The molecule has 0 fully saturated rings. The number of nitrogens with zero attached hydrogens (tertiary/aromatic N) is 1. The van der Waals surface area contributed by atoms with Gasteiger partial charge in [-0.25, -0.2) is 0 Å². The van der Waals surface area contributed by atoms with Crippen LogP contribution in [-0.4, -0.2) is 32.1 Å². The van der Waals surface area contributed by atoms with Crippen LogP contribution >= 0.6 is 0 Å². The van der Waals surface area contributed by atoms with E-state index in [0.29, 0.717) is 6.54 Å². The summed E-state index contributed by atoms with van der Waals surface area (Å²) in [4.78, 5) is 14.7. The fourth-order valence-electron chi connectivity index (χ4n) is 3.45. The molecular formula is C24H27NO3. The lowest BCUT2D eigenvalue weighted by Gasteiger charge is -2.22. The first-order chi connectivity index (χ1) is 13.6. The molecule has 0 N–H and O–H groups in total. The van der Waals surface area contributed by atoms with Crippen molar-refractivity contribution >= 4 is 11.5 Å². The van der Waals surface area contributed by atoms with E-state index < -0.39 is 0 Å². The van der Waals surface area contributed by atoms with Gasteiger partial charge >= 0.3 is 0 Å². The molecule has 0 aromatic heterocycles. The third-order valence-electron chi connectivity index (χ3n) is 5.07. The zero-order chi connectivity index (χ0) is 19.9. The molecule has 146 valence electrons. The Morgan fingerprint density at radius 3 is 2.54 bits per heavy atom. The van der Waals surface area contributed by atoms with Crippen molar-refractivity contribution in [3.8, 4) is 11.5 Å². The zero-order valence-corrected chi connectivity index (χ0v) is 16.7. The van der Waals surface area contributed by atoms with Crippen molar-refractivity contribution in [3.63, 3.8) is 0 Å². The Bertz CT molecular complexity index is 868. The maximum atomic E-state index is 12.9. The van der Waals surface area contributed by atoms with Crippen LogP contribution in [-0.2, 0) is 11.3 Å². The van der Waals surface area contributed by atoms with E-state index in [-0.39, 0.29) is 11.8 Å². The molecule has 28 heavy (non-hydrogen) atoms. The van der Waals surface area contributed by atoms with Crippen molar-refractivity contribution in [3.05, 3.63) is 77.9 Å². The second-order valence-corrected chi connectivity index (χ2v) is 7.00. The lowest BCUT2D eigenvalue weighted by molar-refractivity contribution is -0.133. The summed E-state index contributed by atoms with van der Waals surface area (Å²) in [6.07, 6.45) is 7.80. The Morgan fingerprint density at radius 1 is 1.07 bits per heavy atom. The minimum absolute atomic E-state index is 0.109. The molecule has 1 aliphatic rings. The highest BCUT2D eigenvalue weighted by Crippen LogP contribution is 2.28. The number of carbonyl (C=O) groups is 1. The normalized spacial score (nSPS) is 16.1. The molecule has 0 aliphatic heterocycles. The van der Waals surface area contributed by atoms with Crippen molar-refractivity contribution in [2.75, 3.05) is 21.3 Å². The van der Waals surface area contributed by atoms with Gasteiger partial charge in [0.25, 0.3) is 0 Å².